The number of likely N-dealkylation sites (tertiary alicyclic amines) is 1. The molecule has 0 radical (unpaired) electrons. The Kier molecular flexibility index (Phi) is 3.42. The molecule has 0 aromatic carbocycles. The molecule has 2 N–H and O–H groups in total. The van der Waals surface area contributed by atoms with E-state index in [2.05, 4.69) is 4.98 Å². The first kappa shape index (κ1) is 12.0. The fraction of sp³-hybridized carbons (Fsp3) is 0.545. The Balaban J connectivity index is 1.97. The van der Waals surface area contributed by atoms with Crippen molar-refractivity contribution in [1.82, 2.24) is 14.5 Å². The van der Waals surface area contributed by atoms with Crippen LogP contribution in [0.3, 0.4) is 0 Å². The number of amides is 1. The van der Waals surface area contributed by atoms with E-state index in [1.54, 1.807) is 17.1 Å². The minimum Gasteiger partial charge on any atom is -0.393 e. The molecule has 1 saturated heterocycles. The molecule has 2 heterocycles. The second-order valence-electron chi connectivity index (χ2n) is 4.39. The van der Waals surface area contributed by atoms with Gasteiger partial charge in [0, 0.05) is 32.3 Å². The summed E-state index contributed by atoms with van der Waals surface area (Å²) in [7, 11) is 1.85. The predicted molar refractivity (Wildman–Crippen MR) is 68.6 cm³/mol. The molecule has 0 spiro atoms. The van der Waals surface area contributed by atoms with Gasteiger partial charge in [-0.25, -0.2) is 4.98 Å². The number of aryl methyl sites for hydroxylation is 1. The normalized spacial score (nSPS) is 17.1. The van der Waals surface area contributed by atoms with E-state index in [-0.39, 0.29) is 11.8 Å². The quantitative estimate of drug-likeness (QED) is 0.781. The van der Waals surface area contributed by atoms with Crippen LogP contribution in [-0.4, -0.2) is 38.4 Å². The Hall–Kier alpha value is -1.43. The molecule has 1 fully saturated rings. The fourth-order valence-electron chi connectivity index (χ4n) is 2.05. The lowest BCUT2D eigenvalue weighted by molar-refractivity contribution is 0.0705. The van der Waals surface area contributed by atoms with Crippen LogP contribution >= 0.6 is 12.2 Å². The number of nitrogens with two attached hydrogens (primary N) is 1. The first-order valence-corrected chi connectivity index (χ1v) is 6.05. The Morgan fingerprint density at radius 3 is 2.65 bits per heavy atom. The van der Waals surface area contributed by atoms with Crippen LogP contribution in [0.4, 0.5) is 0 Å². The molecule has 92 valence electrons. The predicted octanol–water partition coefficient (Wildman–Crippen LogP) is 0.558. The van der Waals surface area contributed by atoms with Crippen LogP contribution in [0, 0.1) is 5.92 Å². The third kappa shape index (κ3) is 2.63. The van der Waals surface area contributed by atoms with Crippen molar-refractivity contribution in [2.75, 3.05) is 13.1 Å². The Morgan fingerprint density at radius 1 is 1.53 bits per heavy atom. The number of piperidine rings is 1. The van der Waals surface area contributed by atoms with Gasteiger partial charge in [0.15, 0.2) is 0 Å². The van der Waals surface area contributed by atoms with Crippen molar-refractivity contribution >= 4 is 23.1 Å². The number of imidazole rings is 1. The van der Waals surface area contributed by atoms with Gasteiger partial charge in [0.1, 0.15) is 5.69 Å². The number of carbonyl (C=O) groups is 1. The summed E-state index contributed by atoms with van der Waals surface area (Å²) in [6.45, 7) is 1.41. The van der Waals surface area contributed by atoms with Crippen molar-refractivity contribution in [3.05, 3.63) is 18.2 Å². The highest BCUT2D eigenvalue weighted by molar-refractivity contribution is 7.80. The molecule has 1 aliphatic rings. The molecule has 0 saturated carbocycles. The highest BCUT2D eigenvalue weighted by Gasteiger charge is 2.25. The fourth-order valence-corrected chi connectivity index (χ4v) is 2.29. The third-order valence-electron chi connectivity index (χ3n) is 3.11. The molecule has 0 bridgehead atoms. The van der Waals surface area contributed by atoms with Gasteiger partial charge >= 0.3 is 0 Å². The highest BCUT2D eigenvalue weighted by Crippen LogP contribution is 2.18. The number of nitrogens with zero attached hydrogens (tertiary/aromatic N) is 3. The molecule has 1 amide bonds. The van der Waals surface area contributed by atoms with Gasteiger partial charge in [-0.2, -0.15) is 0 Å². The van der Waals surface area contributed by atoms with Crippen LogP contribution < -0.4 is 5.73 Å². The van der Waals surface area contributed by atoms with E-state index in [1.165, 1.54) is 0 Å². The molecule has 6 heteroatoms. The number of rotatable bonds is 2. The number of hydrogen-bond donors (Lipinski definition) is 1. The number of thiocarbonyl (C=S) groups is 1. The van der Waals surface area contributed by atoms with Crippen LogP contribution in [0.2, 0.25) is 0 Å². The van der Waals surface area contributed by atoms with Gasteiger partial charge in [-0.15, -0.1) is 0 Å². The van der Waals surface area contributed by atoms with Crippen LogP contribution in [0.25, 0.3) is 0 Å². The van der Waals surface area contributed by atoms with E-state index in [0.29, 0.717) is 23.8 Å². The molecule has 1 aromatic rings. The minimum atomic E-state index is -0.00742. The molecule has 2 rings (SSSR count). The van der Waals surface area contributed by atoms with E-state index < -0.39 is 0 Å². The zero-order chi connectivity index (χ0) is 12.4. The third-order valence-corrected chi connectivity index (χ3v) is 3.44. The van der Waals surface area contributed by atoms with Gasteiger partial charge in [-0.05, 0) is 12.8 Å². The van der Waals surface area contributed by atoms with Crippen molar-refractivity contribution in [3.8, 4) is 0 Å². The maximum absolute atomic E-state index is 12.1. The molecule has 17 heavy (non-hydrogen) atoms. The SMILES string of the molecule is Cn1cnc(C(=O)N2CCC(C(N)=S)CC2)c1. The van der Waals surface area contributed by atoms with Crippen molar-refractivity contribution in [2.24, 2.45) is 18.7 Å². The smallest absolute Gasteiger partial charge is 0.274 e. The van der Waals surface area contributed by atoms with Crippen molar-refractivity contribution in [3.63, 3.8) is 0 Å². The summed E-state index contributed by atoms with van der Waals surface area (Å²) in [5, 5.41) is 0. The number of carbonyl (C=O) groups excluding carboxylic acids is 1. The second-order valence-corrected chi connectivity index (χ2v) is 4.86. The van der Waals surface area contributed by atoms with Crippen LogP contribution in [0.5, 0.6) is 0 Å². The van der Waals surface area contributed by atoms with Gasteiger partial charge in [0.25, 0.3) is 5.91 Å². The van der Waals surface area contributed by atoms with Crippen LogP contribution in [-0.2, 0) is 7.05 Å². The second kappa shape index (κ2) is 4.83. The molecule has 5 nitrogen and oxygen atoms in total. The maximum atomic E-state index is 12.1. The lowest BCUT2D eigenvalue weighted by atomic mass is 9.97. The number of aromatic nitrogens is 2. The zero-order valence-corrected chi connectivity index (χ0v) is 10.6. The molecular weight excluding hydrogens is 236 g/mol. The van der Waals surface area contributed by atoms with Crippen molar-refractivity contribution in [2.45, 2.75) is 12.8 Å². The summed E-state index contributed by atoms with van der Waals surface area (Å²) >= 11 is 4.98. The van der Waals surface area contributed by atoms with Crippen LogP contribution in [0.1, 0.15) is 23.3 Å². The average molecular weight is 252 g/mol. The van der Waals surface area contributed by atoms with Gasteiger partial charge in [-0.3, -0.25) is 4.79 Å². The summed E-state index contributed by atoms with van der Waals surface area (Å²) in [6, 6.07) is 0. The molecule has 0 aliphatic carbocycles. The summed E-state index contributed by atoms with van der Waals surface area (Å²) in [5.74, 6) is 0.268. The topological polar surface area (TPSA) is 64.2 Å². The molecular formula is C11H16N4OS. The monoisotopic (exact) mass is 252 g/mol. The van der Waals surface area contributed by atoms with E-state index >= 15 is 0 Å². The van der Waals surface area contributed by atoms with Gasteiger partial charge in [-0.1, -0.05) is 12.2 Å². The highest BCUT2D eigenvalue weighted by atomic mass is 32.1. The van der Waals surface area contributed by atoms with Crippen molar-refractivity contribution in [1.29, 1.82) is 0 Å². The van der Waals surface area contributed by atoms with E-state index in [4.69, 9.17) is 18.0 Å². The van der Waals surface area contributed by atoms with Gasteiger partial charge in [0.05, 0.1) is 11.3 Å². The Bertz CT molecular complexity index is 434. The minimum absolute atomic E-state index is 0.00742. The van der Waals surface area contributed by atoms with Crippen LogP contribution in [0.15, 0.2) is 12.5 Å². The lowest BCUT2D eigenvalue weighted by Gasteiger charge is -2.30. The van der Waals surface area contributed by atoms with E-state index in [0.717, 1.165) is 12.8 Å². The molecule has 1 aliphatic heterocycles. The van der Waals surface area contributed by atoms with E-state index in [9.17, 15) is 4.79 Å². The summed E-state index contributed by atoms with van der Waals surface area (Å²) in [4.78, 5) is 18.5. The summed E-state index contributed by atoms with van der Waals surface area (Å²) in [6.07, 6.45) is 5.08. The average Bonchev–Trinajstić information content (AvgIpc) is 2.75. The largest absolute Gasteiger partial charge is 0.393 e. The Labute approximate surface area is 106 Å². The lowest BCUT2D eigenvalue weighted by Crippen LogP contribution is -2.41. The standard InChI is InChI=1S/C11H16N4OS/c1-14-6-9(13-7-14)11(16)15-4-2-8(3-5-15)10(12)17/h6-8H,2-5H2,1H3,(H2,12,17). The molecule has 1 aromatic heterocycles. The first-order valence-electron chi connectivity index (χ1n) is 5.64. The van der Waals surface area contributed by atoms with Gasteiger partial charge in [0.2, 0.25) is 0 Å². The molecule has 0 unspecified atom stereocenters. The first-order chi connectivity index (χ1) is 8.08. The van der Waals surface area contributed by atoms with Crippen molar-refractivity contribution < 1.29 is 4.79 Å². The molecule has 0 atom stereocenters. The Morgan fingerprint density at radius 2 is 2.18 bits per heavy atom. The maximum Gasteiger partial charge on any atom is 0.274 e. The zero-order valence-electron chi connectivity index (χ0n) is 9.80. The number of hydrogen-bond acceptors (Lipinski definition) is 3. The van der Waals surface area contributed by atoms with E-state index in [1.807, 2.05) is 11.9 Å². The van der Waals surface area contributed by atoms with Gasteiger partial charge < -0.3 is 15.2 Å². The summed E-state index contributed by atoms with van der Waals surface area (Å²) < 4.78 is 1.77. The summed E-state index contributed by atoms with van der Waals surface area (Å²) in [5.41, 5.74) is 6.12.